The van der Waals surface area contributed by atoms with Gasteiger partial charge in [-0.1, -0.05) is 30.3 Å². The van der Waals surface area contributed by atoms with Crippen LogP contribution < -0.4 is 5.32 Å². The minimum Gasteiger partial charge on any atom is -0.329 e. The first kappa shape index (κ1) is 17.9. The molecule has 0 saturated carbocycles. The highest BCUT2D eigenvalue weighted by molar-refractivity contribution is 7.91. The van der Waals surface area contributed by atoms with Crippen molar-refractivity contribution in [3.8, 4) is 11.3 Å². The first-order valence-electron chi connectivity index (χ1n) is 9.10. The maximum Gasteiger partial charge on any atom is 0.151 e. The molecule has 27 heavy (non-hydrogen) atoms. The van der Waals surface area contributed by atoms with Gasteiger partial charge < -0.3 is 9.88 Å². The molecule has 0 radical (unpaired) electrons. The molecule has 1 aliphatic heterocycles. The molecule has 0 unspecified atom stereocenters. The fraction of sp³-hybridized carbons (Fsp3) is 0.368. The monoisotopic (exact) mass is 385 g/mol. The van der Waals surface area contributed by atoms with Gasteiger partial charge in [-0.15, -0.1) is 0 Å². The van der Waals surface area contributed by atoms with Gasteiger partial charge in [-0.2, -0.15) is 5.10 Å². The van der Waals surface area contributed by atoms with Gasteiger partial charge in [-0.3, -0.25) is 4.68 Å². The van der Waals surface area contributed by atoms with Crippen molar-refractivity contribution < 1.29 is 8.42 Å². The maximum absolute atomic E-state index is 11.5. The van der Waals surface area contributed by atoms with E-state index < -0.39 is 9.84 Å². The van der Waals surface area contributed by atoms with E-state index in [-0.39, 0.29) is 11.8 Å². The van der Waals surface area contributed by atoms with Gasteiger partial charge in [0, 0.05) is 30.9 Å². The summed E-state index contributed by atoms with van der Waals surface area (Å²) < 4.78 is 27.1. The average molecular weight is 385 g/mol. The Balaban J connectivity index is 1.37. The van der Waals surface area contributed by atoms with Crippen molar-refractivity contribution in [2.75, 3.05) is 18.1 Å². The zero-order valence-electron chi connectivity index (χ0n) is 15.0. The number of hydrogen-bond donors (Lipinski definition) is 1. The van der Waals surface area contributed by atoms with Crippen LogP contribution in [0.1, 0.15) is 12.0 Å². The molecule has 0 bridgehead atoms. The van der Waals surface area contributed by atoms with Crippen LogP contribution in [0.4, 0.5) is 0 Å². The van der Waals surface area contributed by atoms with Crippen LogP contribution in [-0.2, 0) is 22.9 Å². The Morgan fingerprint density at radius 3 is 2.81 bits per heavy atom. The van der Waals surface area contributed by atoms with E-state index in [1.165, 1.54) is 5.56 Å². The van der Waals surface area contributed by atoms with Gasteiger partial charge in [0.1, 0.15) is 0 Å². The van der Waals surface area contributed by atoms with E-state index in [4.69, 9.17) is 0 Å². The molecule has 1 aromatic carbocycles. The van der Waals surface area contributed by atoms with Crippen molar-refractivity contribution in [1.82, 2.24) is 24.6 Å². The van der Waals surface area contributed by atoms with E-state index in [0.29, 0.717) is 18.7 Å². The van der Waals surface area contributed by atoms with Crippen LogP contribution in [0.2, 0.25) is 0 Å². The van der Waals surface area contributed by atoms with E-state index in [9.17, 15) is 8.42 Å². The summed E-state index contributed by atoms with van der Waals surface area (Å²) in [4.78, 5) is 4.27. The van der Waals surface area contributed by atoms with Crippen molar-refractivity contribution in [3.05, 3.63) is 60.8 Å². The number of nitrogens with zero attached hydrogens (tertiary/aromatic N) is 4. The second-order valence-corrected chi connectivity index (χ2v) is 9.17. The quantitative estimate of drug-likeness (QED) is 0.668. The molecule has 8 heteroatoms. The van der Waals surface area contributed by atoms with Crippen LogP contribution in [-0.4, -0.2) is 51.8 Å². The predicted molar refractivity (Wildman–Crippen MR) is 104 cm³/mol. The first-order chi connectivity index (χ1) is 13.1. The van der Waals surface area contributed by atoms with Crippen LogP contribution in [0.15, 0.2) is 55.2 Å². The van der Waals surface area contributed by atoms with E-state index >= 15 is 0 Å². The molecule has 2 aromatic heterocycles. The highest BCUT2D eigenvalue weighted by Crippen LogP contribution is 2.19. The van der Waals surface area contributed by atoms with E-state index in [1.807, 2.05) is 41.5 Å². The minimum absolute atomic E-state index is 0.0654. The summed E-state index contributed by atoms with van der Waals surface area (Å²) in [5.41, 5.74) is 3.23. The SMILES string of the molecule is O=S1(=O)CC[C@@H](NCCn2cncc2-c2cnn(Cc3ccccc3)c2)C1. The second kappa shape index (κ2) is 7.66. The lowest BCUT2D eigenvalue weighted by atomic mass is 10.2. The molecule has 1 fully saturated rings. The molecule has 0 spiro atoms. The summed E-state index contributed by atoms with van der Waals surface area (Å²) in [7, 11) is -2.85. The Morgan fingerprint density at radius 1 is 1.19 bits per heavy atom. The summed E-state index contributed by atoms with van der Waals surface area (Å²) in [6.45, 7) is 2.17. The summed E-state index contributed by atoms with van der Waals surface area (Å²) in [5, 5.41) is 7.80. The lowest BCUT2D eigenvalue weighted by Crippen LogP contribution is -2.32. The number of hydrogen-bond acceptors (Lipinski definition) is 5. The normalized spacial score (nSPS) is 18.7. The highest BCUT2D eigenvalue weighted by atomic mass is 32.2. The number of benzene rings is 1. The molecule has 1 aliphatic rings. The summed E-state index contributed by atoms with van der Waals surface area (Å²) in [6, 6.07) is 10.3. The fourth-order valence-electron chi connectivity index (χ4n) is 3.44. The van der Waals surface area contributed by atoms with Gasteiger partial charge in [-0.05, 0) is 12.0 Å². The van der Waals surface area contributed by atoms with Gasteiger partial charge in [0.05, 0.1) is 42.5 Å². The van der Waals surface area contributed by atoms with E-state index in [1.54, 1.807) is 6.33 Å². The maximum atomic E-state index is 11.5. The van der Waals surface area contributed by atoms with Gasteiger partial charge in [0.25, 0.3) is 0 Å². The fourth-order valence-corrected chi connectivity index (χ4v) is 5.15. The van der Waals surface area contributed by atoms with Crippen LogP contribution in [0.25, 0.3) is 11.3 Å². The molecule has 3 aromatic rings. The third kappa shape index (κ3) is 4.45. The second-order valence-electron chi connectivity index (χ2n) is 6.94. The molecule has 142 valence electrons. The van der Waals surface area contributed by atoms with Crippen molar-refractivity contribution in [3.63, 3.8) is 0 Å². The smallest absolute Gasteiger partial charge is 0.151 e. The number of aromatic nitrogens is 4. The summed E-state index contributed by atoms with van der Waals surface area (Å²) in [5.74, 6) is 0.539. The number of sulfone groups is 1. The molecule has 1 saturated heterocycles. The number of rotatable bonds is 7. The standard InChI is InChI=1S/C19H23N5O2S/c25-27(26)9-6-18(14-27)21-7-8-23-15-20-11-19(23)17-10-22-24(13-17)12-16-4-2-1-3-5-16/h1-5,10-11,13,15,18,21H,6-9,12,14H2/t18-/m1/s1. The lowest BCUT2D eigenvalue weighted by Gasteiger charge is -2.12. The topological polar surface area (TPSA) is 81.8 Å². The molecular weight excluding hydrogens is 362 g/mol. The zero-order valence-corrected chi connectivity index (χ0v) is 15.8. The highest BCUT2D eigenvalue weighted by Gasteiger charge is 2.27. The predicted octanol–water partition coefficient (Wildman–Crippen LogP) is 1.57. The van der Waals surface area contributed by atoms with Crippen molar-refractivity contribution >= 4 is 9.84 Å². The number of nitrogens with one attached hydrogen (secondary N) is 1. The Kier molecular flexibility index (Phi) is 5.09. The van der Waals surface area contributed by atoms with Crippen LogP contribution in [0.3, 0.4) is 0 Å². The minimum atomic E-state index is -2.85. The first-order valence-corrected chi connectivity index (χ1v) is 10.9. The Bertz CT molecular complexity index is 994. The Morgan fingerprint density at radius 2 is 2.04 bits per heavy atom. The largest absolute Gasteiger partial charge is 0.329 e. The molecule has 0 aliphatic carbocycles. The van der Waals surface area contributed by atoms with Crippen molar-refractivity contribution in [2.24, 2.45) is 0 Å². The van der Waals surface area contributed by atoms with E-state index in [0.717, 1.165) is 24.3 Å². The van der Waals surface area contributed by atoms with Gasteiger partial charge in [0.15, 0.2) is 9.84 Å². The zero-order chi connectivity index (χ0) is 18.7. The molecule has 4 rings (SSSR count). The van der Waals surface area contributed by atoms with Gasteiger partial charge >= 0.3 is 0 Å². The molecule has 1 N–H and O–H groups in total. The van der Waals surface area contributed by atoms with Crippen molar-refractivity contribution in [2.45, 2.75) is 25.6 Å². The lowest BCUT2D eigenvalue weighted by molar-refractivity contribution is 0.521. The Hall–Kier alpha value is -2.45. The molecular formula is C19H23N5O2S. The van der Waals surface area contributed by atoms with Crippen LogP contribution in [0.5, 0.6) is 0 Å². The molecule has 3 heterocycles. The summed E-state index contributed by atoms with van der Waals surface area (Å²) >= 11 is 0. The Labute approximate surface area is 159 Å². The molecule has 0 amide bonds. The number of imidazole rings is 1. The molecule has 1 atom stereocenters. The summed E-state index contributed by atoms with van der Waals surface area (Å²) in [6.07, 6.45) is 8.22. The third-order valence-electron chi connectivity index (χ3n) is 4.85. The third-order valence-corrected chi connectivity index (χ3v) is 6.61. The van der Waals surface area contributed by atoms with Crippen LogP contribution >= 0.6 is 0 Å². The van der Waals surface area contributed by atoms with Gasteiger partial charge in [-0.25, -0.2) is 13.4 Å². The van der Waals surface area contributed by atoms with Gasteiger partial charge in [0.2, 0.25) is 0 Å². The molecule has 7 nitrogen and oxygen atoms in total. The van der Waals surface area contributed by atoms with E-state index in [2.05, 4.69) is 32.1 Å². The van der Waals surface area contributed by atoms with Crippen LogP contribution in [0, 0.1) is 0 Å². The average Bonchev–Trinajstić information content (AvgIpc) is 3.36. The van der Waals surface area contributed by atoms with Crippen molar-refractivity contribution in [1.29, 1.82) is 0 Å².